The van der Waals surface area contributed by atoms with Crippen LogP contribution in [-0.2, 0) is 4.79 Å². The number of benzene rings is 2. The van der Waals surface area contributed by atoms with Gasteiger partial charge in [-0.3, -0.25) is 9.59 Å². The number of fused-ring (bicyclic) bond motifs is 1. The fourth-order valence-electron chi connectivity index (χ4n) is 2.32. The number of carbonyl (C=O) groups excluding carboxylic acids is 2. The predicted molar refractivity (Wildman–Crippen MR) is 117 cm³/mol. The van der Waals surface area contributed by atoms with Crippen LogP contribution in [0.2, 0.25) is 0 Å². The average molecular weight is 532 g/mol. The molecule has 8 N–H and O–H groups in total. The largest absolute Gasteiger partial charge is 1.00 e. The molecule has 1 aromatic heterocycles. The van der Waals surface area contributed by atoms with E-state index in [0.29, 0.717) is 16.9 Å². The van der Waals surface area contributed by atoms with Crippen LogP contribution < -0.4 is 52.1 Å². The minimum absolute atomic E-state index is 0. The Kier molecular flexibility index (Phi) is 9.68. The Hall–Kier alpha value is -2.03. The van der Waals surface area contributed by atoms with Gasteiger partial charge in [-0.15, -0.1) is 0 Å². The molecule has 29 heavy (non-hydrogen) atoms. The number of nitriles is 1. The van der Waals surface area contributed by atoms with E-state index in [1.807, 2.05) is 24.3 Å². The van der Waals surface area contributed by atoms with E-state index >= 15 is 0 Å². The summed E-state index contributed by atoms with van der Waals surface area (Å²) in [6.07, 6.45) is 0. The molecular weight excluding hydrogens is 515 g/mol. The van der Waals surface area contributed by atoms with Crippen LogP contribution in [0.25, 0.3) is 10.9 Å². The molecule has 3 aromatic rings. The Morgan fingerprint density at radius 2 is 1.76 bits per heavy atom. The van der Waals surface area contributed by atoms with Crippen LogP contribution in [0.4, 0.5) is 11.4 Å². The third kappa shape index (κ3) is 6.76. The number of carbonyl (C=O) groups is 2. The molecule has 2 aromatic carbocycles. The number of aromatic amines is 1. The second kappa shape index (κ2) is 11.2. The first-order chi connectivity index (χ1) is 13.2. The first kappa shape index (κ1) is 25.0. The maximum Gasteiger partial charge on any atom is 1.00 e. The smallest absolute Gasteiger partial charge is 1.00 e. The van der Waals surface area contributed by atoms with Crippen LogP contribution in [0, 0.1) is 11.3 Å². The van der Waals surface area contributed by atoms with Gasteiger partial charge in [0.2, 0.25) is 5.91 Å². The molecule has 146 valence electrons. The number of amides is 2. The number of aromatic nitrogens is 1. The molecule has 0 saturated carbocycles. The molecule has 0 unspecified atom stereocenters. The molecule has 0 bridgehead atoms. The fourth-order valence-corrected chi connectivity index (χ4v) is 3.05. The molecule has 0 aliphatic heterocycles. The van der Waals surface area contributed by atoms with Crippen LogP contribution in [-0.4, -0.2) is 23.3 Å². The summed E-state index contributed by atoms with van der Waals surface area (Å²) >= 11 is 6.57. The summed E-state index contributed by atoms with van der Waals surface area (Å²) in [5.74, 6) is -1.01. The van der Waals surface area contributed by atoms with Crippen molar-refractivity contribution in [3.05, 3.63) is 56.6 Å². The minimum Gasteiger partial charge on any atom is -1.00 e. The van der Waals surface area contributed by atoms with Gasteiger partial charge in [0, 0.05) is 19.8 Å². The van der Waals surface area contributed by atoms with E-state index in [1.54, 1.807) is 18.2 Å². The van der Waals surface area contributed by atoms with E-state index in [0.717, 1.165) is 19.8 Å². The molecule has 11 heteroatoms. The zero-order valence-electron chi connectivity index (χ0n) is 16.4. The molecule has 1 heterocycles. The van der Waals surface area contributed by atoms with E-state index in [-0.39, 0.29) is 43.2 Å². The van der Waals surface area contributed by atoms with Crippen LogP contribution >= 0.6 is 31.9 Å². The van der Waals surface area contributed by atoms with Crippen LogP contribution in [0.3, 0.4) is 0 Å². The van der Waals surface area contributed by atoms with E-state index < -0.39 is 11.8 Å². The van der Waals surface area contributed by atoms with Gasteiger partial charge < -0.3 is 28.9 Å². The van der Waals surface area contributed by atoms with E-state index in [2.05, 4.69) is 42.2 Å². The Bertz CT molecular complexity index is 1100. The van der Waals surface area contributed by atoms with Gasteiger partial charge in [0.15, 0.2) is 0 Å². The number of nitrogen functional groups attached to an aromatic ring is 1. The van der Waals surface area contributed by atoms with Gasteiger partial charge in [-0.05, 0) is 36.4 Å². The van der Waals surface area contributed by atoms with Crippen LogP contribution in [0.1, 0.15) is 17.5 Å². The maximum atomic E-state index is 11.0. The topological polar surface area (TPSA) is 164 Å². The van der Waals surface area contributed by atoms with Gasteiger partial charge in [-0.2, -0.15) is 5.26 Å². The minimum atomic E-state index is -0.546. The van der Waals surface area contributed by atoms with Crippen molar-refractivity contribution in [1.29, 1.82) is 5.26 Å². The Morgan fingerprint density at radius 1 is 1.14 bits per heavy atom. The number of nitrogens with one attached hydrogen (secondary N) is 2. The predicted octanol–water partition coefficient (Wildman–Crippen LogP) is -0.0540. The molecule has 8 nitrogen and oxygen atoms in total. The Morgan fingerprint density at radius 3 is 2.34 bits per heavy atom. The number of nitrogens with two attached hydrogens (primary N) is 3. The summed E-state index contributed by atoms with van der Waals surface area (Å²) in [7, 11) is 0. The molecule has 0 radical (unpaired) electrons. The second-order valence-corrected chi connectivity index (χ2v) is 7.42. The van der Waals surface area contributed by atoms with Crippen molar-refractivity contribution >= 4 is 66.0 Å². The fraction of sp³-hybridized carbons (Fsp3) is 0.0556. The number of halogens is 2. The van der Waals surface area contributed by atoms with Crippen molar-refractivity contribution in [1.82, 2.24) is 4.98 Å². The van der Waals surface area contributed by atoms with Gasteiger partial charge >= 0.3 is 29.6 Å². The van der Waals surface area contributed by atoms with E-state index in [9.17, 15) is 9.59 Å². The molecule has 0 aliphatic rings. The second-order valence-electron chi connectivity index (χ2n) is 5.59. The molecule has 0 atom stereocenters. The molecular formula is C18H17Br2N6NaO2. The van der Waals surface area contributed by atoms with Crippen LogP contribution in [0.15, 0.2) is 45.3 Å². The third-order valence-corrected chi connectivity index (χ3v) is 4.59. The first-order valence-corrected chi connectivity index (χ1v) is 9.40. The summed E-state index contributed by atoms with van der Waals surface area (Å²) in [6, 6.07) is 12.7. The van der Waals surface area contributed by atoms with Crippen molar-refractivity contribution in [3.63, 3.8) is 0 Å². The standard InChI is InChI=1S/2C9H8BrN3O.Na.H/c10-4-1-2-6-5(3-4)7(11)8(13-6)9(12)14;10-7-1-2-8(6(3-7)4-11)13-5-9(12)14;;/h1-3,13H,11H2,(H2,12,14);1-3,13H,5H2,(H2,12,14);;/q;;+1;-1. The molecule has 2 amide bonds. The molecule has 0 spiro atoms. The van der Waals surface area contributed by atoms with Gasteiger partial charge in [-0.25, -0.2) is 0 Å². The van der Waals surface area contributed by atoms with Crippen LogP contribution in [0.5, 0.6) is 0 Å². The van der Waals surface area contributed by atoms with Crippen molar-refractivity contribution < 1.29 is 40.6 Å². The normalized spacial score (nSPS) is 9.55. The monoisotopic (exact) mass is 530 g/mol. The van der Waals surface area contributed by atoms with E-state index in [4.69, 9.17) is 22.5 Å². The van der Waals surface area contributed by atoms with Crippen molar-refractivity contribution in [2.45, 2.75) is 0 Å². The van der Waals surface area contributed by atoms with Crippen molar-refractivity contribution in [2.24, 2.45) is 11.5 Å². The summed E-state index contributed by atoms with van der Waals surface area (Å²) in [5.41, 5.74) is 18.4. The van der Waals surface area contributed by atoms with Gasteiger partial charge in [-0.1, -0.05) is 31.9 Å². The van der Waals surface area contributed by atoms with Crippen molar-refractivity contribution in [3.8, 4) is 6.07 Å². The molecule has 0 saturated heterocycles. The Balaban J connectivity index is 0.000000526. The molecule has 3 rings (SSSR count). The number of rotatable bonds is 4. The SMILES string of the molecule is N#Cc1cc(Br)ccc1NCC(N)=O.NC(=O)c1[nH]c2ccc(Br)cc2c1N.[H-].[Na+]. The number of anilines is 2. The summed E-state index contributed by atoms with van der Waals surface area (Å²) < 4.78 is 1.73. The average Bonchev–Trinajstić information content (AvgIpc) is 2.97. The summed E-state index contributed by atoms with van der Waals surface area (Å²) in [5, 5.41) is 12.4. The van der Waals surface area contributed by atoms with Gasteiger partial charge in [0.05, 0.1) is 23.5 Å². The summed E-state index contributed by atoms with van der Waals surface area (Å²) in [4.78, 5) is 24.4. The number of primary amides is 2. The number of H-pyrrole nitrogens is 1. The molecule has 0 fully saturated rings. The van der Waals surface area contributed by atoms with Crippen molar-refractivity contribution in [2.75, 3.05) is 17.6 Å². The molecule has 0 aliphatic carbocycles. The zero-order valence-corrected chi connectivity index (χ0v) is 20.6. The quantitative estimate of drug-likeness (QED) is 0.297. The van der Waals surface area contributed by atoms with E-state index in [1.165, 1.54) is 0 Å². The number of hydrogen-bond donors (Lipinski definition) is 5. The third-order valence-electron chi connectivity index (χ3n) is 3.60. The summed E-state index contributed by atoms with van der Waals surface area (Å²) in [6.45, 7) is 0.0241. The zero-order chi connectivity index (χ0) is 20.8. The van der Waals surface area contributed by atoms with Gasteiger partial charge in [0.1, 0.15) is 11.8 Å². The number of nitrogens with zero attached hydrogens (tertiary/aromatic N) is 1. The number of hydrogen-bond acceptors (Lipinski definition) is 5. The van der Waals surface area contributed by atoms with Gasteiger partial charge in [0.25, 0.3) is 5.91 Å². The maximum absolute atomic E-state index is 11.0. The first-order valence-electron chi connectivity index (χ1n) is 7.81. The Labute approximate surface area is 207 Å².